The van der Waals surface area contributed by atoms with Gasteiger partial charge in [-0.3, -0.25) is 9.36 Å². The lowest BCUT2D eigenvalue weighted by atomic mass is 10.3. The number of hydrogen-bond donors (Lipinski definition) is 0. The average molecular weight is 229 g/mol. The van der Waals surface area contributed by atoms with Crippen molar-refractivity contribution in [1.29, 1.82) is 0 Å². The van der Waals surface area contributed by atoms with Crippen LogP contribution in [0.5, 0.6) is 0 Å². The highest BCUT2D eigenvalue weighted by Crippen LogP contribution is 2.08. The zero-order valence-electron chi connectivity index (χ0n) is 10.2. The van der Waals surface area contributed by atoms with Gasteiger partial charge in [-0.15, -0.1) is 0 Å². The third-order valence-electron chi connectivity index (χ3n) is 2.56. The summed E-state index contributed by atoms with van der Waals surface area (Å²) in [6, 6.07) is 7.27. The van der Waals surface area contributed by atoms with Gasteiger partial charge < -0.3 is 4.90 Å². The number of nitrogens with zero attached hydrogens (tertiary/aromatic N) is 3. The molecule has 0 aliphatic carbocycles. The molecule has 0 aliphatic heterocycles. The minimum Gasteiger partial charge on any atom is -0.377 e. The van der Waals surface area contributed by atoms with Crippen LogP contribution in [0.1, 0.15) is 5.56 Å². The van der Waals surface area contributed by atoms with Gasteiger partial charge in [0.2, 0.25) is 0 Å². The summed E-state index contributed by atoms with van der Waals surface area (Å²) in [5.74, 6) is 0.644. The fraction of sp³-hybridized carbons (Fsp3) is 0.231. The van der Waals surface area contributed by atoms with Gasteiger partial charge in [0.15, 0.2) is 0 Å². The van der Waals surface area contributed by atoms with Gasteiger partial charge >= 0.3 is 0 Å². The molecular weight excluding hydrogens is 214 g/mol. The van der Waals surface area contributed by atoms with Crippen molar-refractivity contribution in [2.75, 3.05) is 19.0 Å². The molecule has 0 unspecified atom stereocenters. The first-order chi connectivity index (χ1) is 8.08. The van der Waals surface area contributed by atoms with Crippen molar-refractivity contribution in [3.63, 3.8) is 0 Å². The van der Waals surface area contributed by atoms with Crippen LogP contribution < -0.4 is 10.5 Å². The lowest BCUT2D eigenvalue weighted by Gasteiger charge is -2.13. The quantitative estimate of drug-likeness (QED) is 0.785. The van der Waals surface area contributed by atoms with Gasteiger partial charge in [0, 0.05) is 38.2 Å². The number of hydrogen-bond acceptors (Lipinski definition) is 3. The summed E-state index contributed by atoms with van der Waals surface area (Å²) < 4.78 is 1.53. The third kappa shape index (κ3) is 2.36. The van der Waals surface area contributed by atoms with Crippen molar-refractivity contribution in [2.45, 2.75) is 6.92 Å². The highest BCUT2D eigenvalue weighted by atomic mass is 16.1. The molecule has 0 saturated heterocycles. The molecule has 0 aliphatic rings. The molecule has 88 valence electrons. The minimum absolute atomic E-state index is 0.0763. The highest BCUT2D eigenvalue weighted by molar-refractivity contribution is 5.44. The molecule has 17 heavy (non-hydrogen) atoms. The maximum Gasteiger partial charge on any atom is 0.258 e. The number of aromatic nitrogens is 2. The van der Waals surface area contributed by atoms with Gasteiger partial charge in [0.05, 0.1) is 0 Å². The first kappa shape index (κ1) is 11.4. The molecular formula is C13H15N3O. The van der Waals surface area contributed by atoms with Crippen molar-refractivity contribution in [1.82, 2.24) is 9.55 Å². The molecule has 0 radical (unpaired) electrons. The molecule has 0 N–H and O–H groups in total. The van der Waals surface area contributed by atoms with Gasteiger partial charge in [-0.1, -0.05) is 6.07 Å². The topological polar surface area (TPSA) is 38.1 Å². The van der Waals surface area contributed by atoms with Crippen LogP contribution >= 0.6 is 0 Å². The Morgan fingerprint density at radius 3 is 2.53 bits per heavy atom. The molecule has 0 atom stereocenters. The predicted octanol–water partition coefficient (Wildman–Crippen LogP) is 1.61. The van der Waals surface area contributed by atoms with E-state index in [2.05, 4.69) is 4.98 Å². The molecule has 2 heterocycles. The van der Waals surface area contributed by atoms with Crippen molar-refractivity contribution in [3.05, 3.63) is 52.6 Å². The van der Waals surface area contributed by atoms with Crippen LogP contribution in [0.4, 0.5) is 5.69 Å². The molecule has 0 saturated carbocycles. The van der Waals surface area contributed by atoms with Gasteiger partial charge in [0.25, 0.3) is 5.56 Å². The van der Waals surface area contributed by atoms with Gasteiger partial charge in [0.1, 0.15) is 5.82 Å². The summed E-state index contributed by atoms with van der Waals surface area (Å²) in [4.78, 5) is 18.1. The first-order valence-electron chi connectivity index (χ1n) is 5.41. The molecule has 4 nitrogen and oxygen atoms in total. The van der Waals surface area contributed by atoms with E-state index in [0.29, 0.717) is 5.82 Å². The predicted molar refractivity (Wildman–Crippen MR) is 68.9 cm³/mol. The van der Waals surface area contributed by atoms with E-state index in [-0.39, 0.29) is 5.56 Å². The van der Waals surface area contributed by atoms with E-state index in [0.717, 1.165) is 11.3 Å². The summed E-state index contributed by atoms with van der Waals surface area (Å²) >= 11 is 0. The number of pyridine rings is 2. The molecule has 0 fully saturated rings. The molecule has 0 bridgehead atoms. The molecule has 4 heteroatoms. The summed E-state index contributed by atoms with van der Waals surface area (Å²) in [6.45, 7) is 1.97. The van der Waals surface area contributed by atoms with Crippen molar-refractivity contribution < 1.29 is 0 Å². The summed E-state index contributed by atoms with van der Waals surface area (Å²) in [6.07, 6.45) is 3.50. The second-order valence-corrected chi connectivity index (χ2v) is 4.18. The second kappa shape index (κ2) is 4.41. The van der Waals surface area contributed by atoms with Crippen LogP contribution in [0.25, 0.3) is 5.82 Å². The van der Waals surface area contributed by atoms with Crippen molar-refractivity contribution >= 4 is 5.69 Å². The molecule has 2 aromatic rings. The van der Waals surface area contributed by atoms with E-state index in [9.17, 15) is 4.79 Å². The third-order valence-corrected chi connectivity index (χ3v) is 2.56. The highest BCUT2D eigenvalue weighted by Gasteiger charge is 2.02. The lowest BCUT2D eigenvalue weighted by molar-refractivity contribution is 0.931. The maximum atomic E-state index is 11.9. The van der Waals surface area contributed by atoms with Crippen LogP contribution in [0, 0.1) is 6.92 Å². The van der Waals surface area contributed by atoms with Gasteiger partial charge in [-0.05, 0) is 24.6 Å². The van der Waals surface area contributed by atoms with E-state index in [1.165, 1.54) is 4.57 Å². The molecule has 2 aromatic heterocycles. The van der Waals surface area contributed by atoms with Crippen LogP contribution in [-0.4, -0.2) is 23.6 Å². The Balaban J connectivity index is 2.47. The first-order valence-corrected chi connectivity index (χ1v) is 5.41. The van der Waals surface area contributed by atoms with Crippen LogP contribution in [0.3, 0.4) is 0 Å². The zero-order chi connectivity index (χ0) is 12.4. The number of anilines is 1. The van der Waals surface area contributed by atoms with Gasteiger partial charge in [-0.25, -0.2) is 4.98 Å². The zero-order valence-corrected chi connectivity index (χ0v) is 10.2. The summed E-state index contributed by atoms with van der Waals surface area (Å²) in [5.41, 5.74) is 1.89. The average Bonchev–Trinajstić information content (AvgIpc) is 2.30. The fourth-order valence-corrected chi connectivity index (χ4v) is 1.54. The van der Waals surface area contributed by atoms with E-state index in [1.807, 2.05) is 44.1 Å². The van der Waals surface area contributed by atoms with E-state index >= 15 is 0 Å². The van der Waals surface area contributed by atoms with Crippen molar-refractivity contribution in [3.8, 4) is 5.82 Å². The number of rotatable bonds is 2. The van der Waals surface area contributed by atoms with Crippen LogP contribution in [-0.2, 0) is 0 Å². The molecule has 0 amide bonds. The maximum absolute atomic E-state index is 11.9. The lowest BCUT2D eigenvalue weighted by Crippen LogP contribution is -2.20. The molecule has 2 rings (SSSR count). The Bertz CT molecular complexity index is 570. The smallest absolute Gasteiger partial charge is 0.258 e. The van der Waals surface area contributed by atoms with E-state index in [4.69, 9.17) is 0 Å². The van der Waals surface area contributed by atoms with Crippen LogP contribution in [0.15, 0.2) is 41.5 Å². The molecule has 0 spiro atoms. The Labute approximate surface area is 100 Å². The normalized spacial score (nSPS) is 10.3. The SMILES string of the molecule is Cc1ccc(-n2ccc(N(C)C)cc2=O)nc1. The minimum atomic E-state index is -0.0763. The summed E-state index contributed by atoms with van der Waals surface area (Å²) in [5, 5.41) is 0. The van der Waals surface area contributed by atoms with Gasteiger partial charge in [-0.2, -0.15) is 0 Å². The Morgan fingerprint density at radius 1 is 1.24 bits per heavy atom. The van der Waals surface area contributed by atoms with E-state index < -0.39 is 0 Å². The van der Waals surface area contributed by atoms with E-state index in [1.54, 1.807) is 18.5 Å². The monoisotopic (exact) mass is 229 g/mol. The standard InChI is InChI=1S/C13H15N3O/c1-10-4-5-12(14-9-10)16-7-6-11(15(2)3)8-13(16)17/h4-9H,1-3H3. The van der Waals surface area contributed by atoms with Crippen LogP contribution in [0.2, 0.25) is 0 Å². The summed E-state index contributed by atoms with van der Waals surface area (Å²) in [7, 11) is 3.81. The largest absolute Gasteiger partial charge is 0.377 e. The number of aryl methyl sites for hydroxylation is 1. The van der Waals surface area contributed by atoms with Crippen molar-refractivity contribution in [2.24, 2.45) is 0 Å². The Hall–Kier alpha value is -2.10. The fourth-order valence-electron chi connectivity index (χ4n) is 1.54. The molecule has 0 aromatic carbocycles. The second-order valence-electron chi connectivity index (χ2n) is 4.18. The Kier molecular flexibility index (Phi) is 2.95. The Morgan fingerprint density at radius 2 is 2.00 bits per heavy atom.